The Morgan fingerprint density at radius 1 is 1.38 bits per heavy atom. The van der Waals surface area contributed by atoms with Gasteiger partial charge >= 0.3 is 5.97 Å². The molecule has 0 heterocycles. The van der Waals surface area contributed by atoms with Crippen molar-refractivity contribution in [2.45, 2.75) is 4.90 Å². The molecule has 0 spiro atoms. The SMILES string of the molecule is O=C(O)c1cc(SCl)c(F)cc1F. The van der Waals surface area contributed by atoms with E-state index < -0.39 is 23.2 Å². The molecule has 0 saturated heterocycles. The largest absolute Gasteiger partial charge is 0.478 e. The van der Waals surface area contributed by atoms with Crippen LogP contribution in [0.1, 0.15) is 10.4 Å². The number of aromatic carboxylic acids is 1. The van der Waals surface area contributed by atoms with Crippen LogP contribution in [0.3, 0.4) is 0 Å². The van der Waals surface area contributed by atoms with Crippen molar-refractivity contribution < 1.29 is 18.7 Å². The van der Waals surface area contributed by atoms with Crippen LogP contribution < -0.4 is 0 Å². The smallest absolute Gasteiger partial charge is 0.338 e. The van der Waals surface area contributed by atoms with Gasteiger partial charge < -0.3 is 5.11 Å². The first-order valence-corrected chi connectivity index (χ1v) is 4.71. The second kappa shape index (κ2) is 3.93. The highest BCUT2D eigenvalue weighted by molar-refractivity contribution is 8.21. The Bertz CT molecular complexity index is 357. The Morgan fingerprint density at radius 3 is 2.46 bits per heavy atom. The molecule has 0 aliphatic carbocycles. The number of hydrogen-bond donors (Lipinski definition) is 1. The maximum atomic E-state index is 12.8. The number of hydrogen-bond acceptors (Lipinski definition) is 2. The molecule has 1 aromatic rings. The Balaban J connectivity index is 3.30. The van der Waals surface area contributed by atoms with Crippen molar-refractivity contribution in [3.05, 3.63) is 29.3 Å². The van der Waals surface area contributed by atoms with E-state index in [-0.39, 0.29) is 4.90 Å². The fourth-order valence-corrected chi connectivity index (χ4v) is 1.40. The van der Waals surface area contributed by atoms with E-state index in [0.717, 1.165) is 6.07 Å². The molecule has 0 bridgehead atoms. The van der Waals surface area contributed by atoms with Crippen LogP contribution in [0.5, 0.6) is 0 Å². The van der Waals surface area contributed by atoms with Gasteiger partial charge in [0.15, 0.2) is 0 Å². The highest BCUT2D eigenvalue weighted by atomic mass is 35.7. The van der Waals surface area contributed by atoms with Crippen molar-refractivity contribution >= 4 is 27.6 Å². The van der Waals surface area contributed by atoms with E-state index in [4.69, 9.17) is 15.8 Å². The second-order valence-corrected chi connectivity index (χ2v) is 3.20. The van der Waals surface area contributed by atoms with Crippen LogP contribution in [0, 0.1) is 11.6 Å². The van der Waals surface area contributed by atoms with E-state index in [0.29, 0.717) is 17.0 Å². The van der Waals surface area contributed by atoms with Gasteiger partial charge in [0.2, 0.25) is 0 Å². The molecule has 0 amide bonds. The number of halogens is 3. The lowest BCUT2D eigenvalue weighted by Crippen LogP contribution is -2.01. The minimum atomic E-state index is -1.45. The van der Waals surface area contributed by atoms with E-state index in [9.17, 15) is 13.6 Å². The summed E-state index contributed by atoms with van der Waals surface area (Å²) in [6.07, 6.45) is 0. The van der Waals surface area contributed by atoms with E-state index in [1.165, 1.54) is 0 Å². The van der Waals surface area contributed by atoms with Crippen molar-refractivity contribution in [2.75, 3.05) is 0 Å². The first kappa shape index (κ1) is 10.3. The minimum Gasteiger partial charge on any atom is -0.478 e. The molecule has 0 saturated carbocycles. The standard InChI is InChI=1S/C7H3ClF2O2S/c8-13-6-1-3(7(11)12)4(9)2-5(6)10/h1-2H,(H,11,12). The molecule has 6 heteroatoms. The summed E-state index contributed by atoms with van der Waals surface area (Å²) < 4.78 is 25.5. The molecule has 0 radical (unpaired) electrons. The molecular formula is C7H3ClF2O2S. The predicted molar refractivity (Wildman–Crippen MR) is 45.0 cm³/mol. The van der Waals surface area contributed by atoms with Crippen LogP contribution in [0.15, 0.2) is 17.0 Å². The predicted octanol–water partition coefficient (Wildman–Crippen LogP) is 2.91. The molecule has 13 heavy (non-hydrogen) atoms. The molecule has 0 atom stereocenters. The van der Waals surface area contributed by atoms with Crippen molar-refractivity contribution in [3.8, 4) is 0 Å². The van der Waals surface area contributed by atoms with E-state index >= 15 is 0 Å². The Hall–Kier alpha value is -0.810. The van der Waals surface area contributed by atoms with Crippen LogP contribution in [0.25, 0.3) is 0 Å². The first-order chi connectivity index (χ1) is 6.06. The van der Waals surface area contributed by atoms with Gasteiger partial charge in [0, 0.05) is 6.07 Å². The Morgan fingerprint density at radius 2 is 2.00 bits per heavy atom. The Labute approximate surface area is 81.0 Å². The summed E-state index contributed by atoms with van der Waals surface area (Å²) in [4.78, 5) is 10.3. The molecular weight excluding hydrogens is 222 g/mol. The van der Waals surface area contributed by atoms with Crippen LogP contribution in [-0.2, 0) is 0 Å². The van der Waals surface area contributed by atoms with Crippen molar-refractivity contribution in [3.63, 3.8) is 0 Å². The number of carboxylic acids is 1. The summed E-state index contributed by atoms with van der Waals surface area (Å²) >= 11 is 0. The number of carbonyl (C=O) groups is 1. The third-order valence-corrected chi connectivity index (χ3v) is 2.31. The van der Waals surface area contributed by atoms with E-state index in [2.05, 4.69) is 0 Å². The zero-order valence-electron chi connectivity index (χ0n) is 6.05. The topological polar surface area (TPSA) is 37.3 Å². The van der Waals surface area contributed by atoms with Crippen LogP contribution >= 0.6 is 21.7 Å². The van der Waals surface area contributed by atoms with Crippen molar-refractivity contribution in [1.29, 1.82) is 0 Å². The molecule has 1 aromatic carbocycles. The quantitative estimate of drug-likeness (QED) is 0.839. The summed E-state index contributed by atoms with van der Waals surface area (Å²) in [5.41, 5.74) is -0.593. The summed E-state index contributed by atoms with van der Waals surface area (Å²) in [6, 6.07) is 1.35. The van der Waals surface area contributed by atoms with Crippen LogP contribution in [-0.4, -0.2) is 11.1 Å². The lowest BCUT2D eigenvalue weighted by atomic mass is 10.2. The average Bonchev–Trinajstić information content (AvgIpc) is 2.03. The molecule has 0 aliphatic heterocycles. The van der Waals surface area contributed by atoms with Gasteiger partial charge in [-0.2, -0.15) is 0 Å². The summed E-state index contributed by atoms with van der Waals surface area (Å²) in [5, 5.41) is 8.46. The number of benzene rings is 1. The summed E-state index contributed by atoms with van der Waals surface area (Å²) in [6.45, 7) is 0. The van der Waals surface area contributed by atoms with Crippen molar-refractivity contribution in [2.24, 2.45) is 0 Å². The van der Waals surface area contributed by atoms with E-state index in [1.807, 2.05) is 0 Å². The fraction of sp³-hybridized carbons (Fsp3) is 0. The minimum absolute atomic E-state index is 0.111. The maximum absolute atomic E-state index is 12.8. The summed E-state index contributed by atoms with van der Waals surface area (Å²) in [7, 11) is 5.73. The number of rotatable bonds is 2. The highest BCUT2D eigenvalue weighted by Crippen LogP contribution is 2.27. The van der Waals surface area contributed by atoms with Gasteiger partial charge in [0.25, 0.3) is 0 Å². The lowest BCUT2D eigenvalue weighted by molar-refractivity contribution is 0.0691. The zero-order chi connectivity index (χ0) is 10.0. The molecule has 1 rings (SSSR count). The van der Waals surface area contributed by atoms with Gasteiger partial charge in [0.1, 0.15) is 11.6 Å². The fourth-order valence-electron chi connectivity index (χ4n) is 0.752. The molecule has 0 fully saturated rings. The van der Waals surface area contributed by atoms with Crippen LogP contribution in [0.4, 0.5) is 8.78 Å². The van der Waals surface area contributed by atoms with Gasteiger partial charge in [0.05, 0.1) is 10.5 Å². The van der Waals surface area contributed by atoms with E-state index in [1.54, 1.807) is 0 Å². The lowest BCUT2D eigenvalue weighted by Gasteiger charge is -2.00. The van der Waals surface area contributed by atoms with Crippen LogP contribution in [0.2, 0.25) is 0 Å². The molecule has 0 unspecified atom stereocenters. The van der Waals surface area contributed by atoms with Gasteiger partial charge in [-0.3, -0.25) is 0 Å². The zero-order valence-corrected chi connectivity index (χ0v) is 7.62. The molecule has 2 nitrogen and oxygen atoms in total. The highest BCUT2D eigenvalue weighted by Gasteiger charge is 2.14. The van der Waals surface area contributed by atoms with Gasteiger partial charge in [-0.1, -0.05) is 0 Å². The normalized spacial score (nSPS) is 10.1. The van der Waals surface area contributed by atoms with Gasteiger partial charge in [-0.25, -0.2) is 13.6 Å². The maximum Gasteiger partial charge on any atom is 0.338 e. The second-order valence-electron chi connectivity index (χ2n) is 2.14. The third kappa shape index (κ3) is 2.10. The third-order valence-electron chi connectivity index (χ3n) is 1.34. The molecule has 0 aliphatic rings. The molecule has 1 N–H and O–H groups in total. The molecule has 70 valence electrons. The monoisotopic (exact) mass is 224 g/mol. The Kier molecular flexibility index (Phi) is 3.11. The number of carboxylic acid groups (broad SMARTS) is 1. The first-order valence-electron chi connectivity index (χ1n) is 3.07. The molecule has 0 aromatic heterocycles. The van der Waals surface area contributed by atoms with Gasteiger partial charge in [-0.15, -0.1) is 0 Å². The average molecular weight is 225 g/mol. The van der Waals surface area contributed by atoms with Crippen molar-refractivity contribution in [1.82, 2.24) is 0 Å². The summed E-state index contributed by atoms with van der Waals surface area (Å²) in [5.74, 6) is -3.44. The van der Waals surface area contributed by atoms with Gasteiger partial charge in [-0.05, 0) is 27.7 Å².